The van der Waals surface area contributed by atoms with E-state index >= 15 is 0 Å². The van der Waals surface area contributed by atoms with Crippen molar-refractivity contribution in [1.29, 1.82) is 0 Å². The second-order valence-corrected chi connectivity index (χ2v) is 10.4. The van der Waals surface area contributed by atoms with E-state index in [4.69, 9.17) is 4.74 Å². The lowest BCUT2D eigenvalue weighted by atomic mass is 9.81. The summed E-state index contributed by atoms with van der Waals surface area (Å²) in [6.07, 6.45) is -0.445. The molecule has 0 radical (unpaired) electrons. The van der Waals surface area contributed by atoms with E-state index in [0.717, 1.165) is 19.3 Å². The number of ether oxygens (including phenoxy) is 2. The third kappa shape index (κ3) is 5.45. The van der Waals surface area contributed by atoms with Gasteiger partial charge < -0.3 is 15.4 Å². The van der Waals surface area contributed by atoms with Crippen molar-refractivity contribution in [2.75, 3.05) is 19.8 Å². The first-order chi connectivity index (χ1) is 15.9. The Morgan fingerprint density at radius 2 is 1.91 bits per heavy atom. The maximum Gasteiger partial charge on any atom is 0.522 e. The van der Waals surface area contributed by atoms with Gasteiger partial charge in [-0.1, -0.05) is 0 Å². The maximum atomic E-state index is 13.4. The second-order valence-electron chi connectivity index (χ2n) is 10.4. The minimum atomic E-state index is -4.99. The van der Waals surface area contributed by atoms with Gasteiger partial charge in [-0.05, 0) is 63.7 Å². The van der Waals surface area contributed by atoms with Gasteiger partial charge in [-0.3, -0.25) is 23.9 Å². The standard InChI is InChI=1S/C23H31F3N2O6/c1-21(4-2-8-33-21)18(30)14-10-22(5-6-22)11-15(14)20(32)28-16(9-13-3-7-27-19(13)31)17(29)12-34-23(24,25)26/h13-16H,2-12H2,1H3,(H,27,31)(H,28,32)/t13-,14?,15+,16-,21?/m0/s1. The Balaban J connectivity index is 1.48. The van der Waals surface area contributed by atoms with Crippen LogP contribution in [0.5, 0.6) is 0 Å². The Labute approximate surface area is 195 Å². The zero-order valence-corrected chi connectivity index (χ0v) is 19.2. The molecule has 4 fully saturated rings. The highest BCUT2D eigenvalue weighted by molar-refractivity contribution is 5.96. The Hall–Kier alpha value is -2.01. The van der Waals surface area contributed by atoms with Crippen LogP contribution in [0.3, 0.4) is 0 Å². The molecule has 2 amide bonds. The van der Waals surface area contributed by atoms with Crippen molar-refractivity contribution >= 4 is 23.4 Å². The largest absolute Gasteiger partial charge is 0.522 e. The van der Waals surface area contributed by atoms with Crippen molar-refractivity contribution in [3.8, 4) is 0 Å². The highest BCUT2D eigenvalue weighted by atomic mass is 19.4. The van der Waals surface area contributed by atoms with Gasteiger partial charge in [0, 0.05) is 30.9 Å². The number of halogens is 3. The van der Waals surface area contributed by atoms with E-state index in [1.807, 2.05) is 0 Å². The normalized spacial score (nSPS) is 33.1. The van der Waals surface area contributed by atoms with Gasteiger partial charge in [0.15, 0.2) is 11.6 Å². The molecular weight excluding hydrogens is 457 g/mol. The van der Waals surface area contributed by atoms with Crippen LogP contribution in [-0.4, -0.2) is 61.1 Å². The minimum Gasteiger partial charge on any atom is -0.367 e. The van der Waals surface area contributed by atoms with E-state index in [2.05, 4.69) is 15.4 Å². The fraction of sp³-hybridized carbons (Fsp3) is 0.826. The van der Waals surface area contributed by atoms with Gasteiger partial charge >= 0.3 is 6.36 Å². The summed E-state index contributed by atoms with van der Waals surface area (Å²) in [7, 11) is 0. The summed E-state index contributed by atoms with van der Waals surface area (Å²) >= 11 is 0. The van der Waals surface area contributed by atoms with E-state index in [-0.39, 0.29) is 23.5 Å². The molecule has 8 nitrogen and oxygen atoms in total. The highest BCUT2D eigenvalue weighted by Gasteiger charge is 2.59. The Bertz CT molecular complexity index is 850. The molecule has 11 heteroatoms. The van der Waals surface area contributed by atoms with Gasteiger partial charge in [0.05, 0.1) is 6.04 Å². The third-order valence-electron chi connectivity index (χ3n) is 7.93. The molecule has 2 unspecified atom stereocenters. The zero-order valence-electron chi connectivity index (χ0n) is 19.2. The Kier molecular flexibility index (Phi) is 6.80. The van der Waals surface area contributed by atoms with E-state index < -0.39 is 54.1 Å². The lowest BCUT2D eigenvalue weighted by Gasteiger charge is -2.29. The quantitative estimate of drug-likeness (QED) is 0.514. The first-order valence-electron chi connectivity index (χ1n) is 11.9. The summed E-state index contributed by atoms with van der Waals surface area (Å²) in [5.74, 6) is -3.77. The van der Waals surface area contributed by atoms with Crippen LogP contribution >= 0.6 is 0 Å². The molecule has 2 saturated heterocycles. The molecule has 34 heavy (non-hydrogen) atoms. The van der Waals surface area contributed by atoms with Gasteiger partial charge in [0.25, 0.3) is 0 Å². The molecule has 4 aliphatic rings. The number of hydrogen-bond donors (Lipinski definition) is 2. The van der Waals surface area contributed by atoms with E-state index in [9.17, 15) is 32.3 Å². The molecule has 4 rings (SSSR count). The van der Waals surface area contributed by atoms with Crippen LogP contribution in [0.15, 0.2) is 0 Å². The lowest BCUT2D eigenvalue weighted by molar-refractivity contribution is -0.321. The van der Waals surface area contributed by atoms with Gasteiger partial charge in [-0.2, -0.15) is 0 Å². The molecule has 190 valence electrons. The molecule has 0 aromatic heterocycles. The smallest absolute Gasteiger partial charge is 0.367 e. The van der Waals surface area contributed by atoms with Crippen molar-refractivity contribution in [2.24, 2.45) is 23.2 Å². The number of hydrogen-bond acceptors (Lipinski definition) is 6. The summed E-state index contributed by atoms with van der Waals surface area (Å²) < 4.78 is 46.9. The molecule has 0 aromatic carbocycles. The minimum absolute atomic E-state index is 0.0679. The van der Waals surface area contributed by atoms with Crippen LogP contribution in [-0.2, 0) is 28.7 Å². The zero-order chi connectivity index (χ0) is 24.7. The number of ketones is 2. The van der Waals surface area contributed by atoms with Crippen molar-refractivity contribution in [2.45, 2.75) is 76.3 Å². The summed E-state index contributed by atoms with van der Waals surface area (Å²) in [4.78, 5) is 51.3. The number of carbonyl (C=O) groups excluding carboxylic acids is 4. The fourth-order valence-electron chi connectivity index (χ4n) is 5.76. The van der Waals surface area contributed by atoms with Crippen LogP contribution in [0.4, 0.5) is 13.2 Å². The first kappa shape index (κ1) is 25.1. The highest BCUT2D eigenvalue weighted by Crippen LogP contribution is 2.62. The molecule has 2 heterocycles. The predicted molar refractivity (Wildman–Crippen MR) is 111 cm³/mol. The predicted octanol–water partition coefficient (Wildman–Crippen LogP) is 2.05. The van der Waals surface area contributed by atoms with E-state index in [1.54, 1.807) is 6.92 Å². The van der Waals surface area contributed by atoms with E-state index in [0.29, 0.717) is 38.8 Å². The molecule has 2 saturated carbocycles. The van der Waals surface area contributed by atoms with Crippen LogP contribution in [0.2, 0.25) is 0 Å². The average Bonchev–Trinajstić information content (AvgIpc) is 3.06. The fourth-order valence-corrected chi connectivity index (χ4v) is 5.76. The molecule has 2 N–H and O–H groups in total. The summed E-state index contributed by atoms with van der Waals surface area (Å²) in [5, 5.41) is 5.21. The molecular formula is C23H31F3N2O6. The van der Waals surface area contributed by atoms with Gasteiger partial charge in [-0.25, -0.2) is 0 Å². The third-order valence-corrected chi connectivity index (χ3v) is 7.93. The van der Waals surface area contributed by atoms with Crippen LogP contribution in [0, 0.1) is 23.2 Å². The van der Waals surface area contributed by atoms with Crippen molar-refractivity contribution in [3.63, 3.8) is 0 Å². The van der Waals surface area contributed by atoms with Gasteiger partial charge in [-0.15, -0.1) is 13.2 Å². The van der Waals surface area contributed by atoms with Gasteiger partial charge in [0.1, 0.15) is 12.2 Å². The lowest BCUT2D eigenvalue weighted by Crippen LogP contribution is -2.49. The number of amides is 2. The molecule has 0 aromatic rings. The molecule has 5 atom stereocenters. The Morgan fingerprint density at radius 3 is 2.47 bits per heavy atom. The number of alkyl halides is 3. The molecule has 0 bridgehead atoms. The van der Waals surface area contributed by atoms with Crippen LogP contribution in [0.1, 0.15) is 58.3 Å². The average molecular weight is 489 g/mol. The van der Waals surface area contributed by atoms with Crippen molar-refractivity contribution in [3.05, 3.63) is 0 Å². The first-order valence-corrected chi connectivity index (χ1v) is 11.9. The monoisotopic (exact) mass is 488 g/mol. The number of rotatable bonds is 9. The van der Waals surface area contributed by atoms with Crippen molar-refractivity contribution in [1.82, 2.24) is 10.6 Å². The number of Topliss-reactive ketones (excluding diaryl/α,β-unsaturated/α-hetero) is 2. The summed E-state index contributed by atoms with van der Waals surface area (Å²) in [6, 6.07) is -1.31. The Morgan fingerprint density at radius 1 is 1.21 bits per heavy atom. The second kappa shape index (κ2) is 9.22. The molecule has 2 aliphatic carbocycles. The number of carbonyl (C=O) groups is 4. The topological polar surface area (TPSA) is 111 Å². The van der Waals surface area contributed by atoms with Crippen molar-refractivity contribution < 1.29 is 41.8 Å². The maximum absolute atomic E-state index is 13.4. The van der Waals surface area contributed by atoms with Gasteiger partial charge in [0.2, 0.25) is 11.8 Å². The SMILES string of the molecule is CC1(C(=O)C2CC3(CC3)C[C@H]2C(=O)N[C@@H](C[C@@H]2CCNC2=O)C(=O)COC(F)(F)F)CCCO1. The van der Waals surface area contributed by atoms with E-state index in [1.165, 1.54) is 0 Å². The summed E-state index contributed by atoms with van der Waals surface area (Å²) in [6.45, 7) is 1.37. The molecule has 1 spiro atoms. The molecule has 2 aliphatic heterocycles. The number of nitrogens with one attached hydrogen (secondary N) is 2. The summed E-state index contributed by atoms with van der Waals surface area (Å²) in [5.41, 5.74) is -1.01. The van der Waals surface area contributed by atoms with Crippen LogP contribution < -0.4 is 10.6 Å². The van der Waals surface area contributed by atoms with Crippen LogP contribution in [0.25, 0.3) is 0 Å².